The van der Waals surface area contributed by atoms with Crippen LogP contribution < -0.4 is 10.2 Å². The van der Waals surface area contributed by atoms with Gasteiger partial charge >= 0.3 is 0 Å². The molecule has 1 aromatic carbocycles. The third-order valence-corrected chi connectivity index (χ3v) is 5.17. The molecule has 2 atom stereocenters. The Balaban J connectivity index is 1.83. The van der Waals surface area contributed by atoms with Gasteiger partial charge in [-0.1, -0.05) is 13.0 Å². The van der Waals surface area contributed by atoms with Gasteiger partial charge in [-0.15, -0.1) is 0 Å². The van der Waals surface area contributed by atoms with E-state index in [0.717, 1.165) is 30.2 Å². The second kappa shape index (κ2) is 5.06. The zero-order valence-electron chi connectivity index (χ0n) is 10.9. The maximum Gasteiger partial charge on any atom is 0.257 e. The van der Waals surface area contributed by atoms with E-state index in [1.807, 2.05) is 30.0 Å². The average Bonchev–Trinajstić information content (AvgIpc) is 2.73. The number of hydrogen-bond donors (Lipinski definition) is 2. The first kappa shape index (κ1) is 12.8. The Labute approximate surface area is 117 Å². The predicted octanol–water partition coefficient (Wildman–Crippen LogP) is 2.00. The zero-order chi connectivity index (χ0) is 13.4. The molecular formula is C14H18N2O2S. The molecule has 1 amide bonds. The van der Waals surface area contributed by atoms with Gasteiger partial charge in [0.25, 0.3) is 5.91 Å². The van der Waals surface area contributed by atoms with Gasteiger partial charge in [0.2, 0.25) is 0 Å². The van der Waals surface area contributed by atoms with Crippen LogP contribution in [0.15, 0.2) is 18.2 Å². The van der Waals surface area contributed by atoms with Crippen molar-refractivity contribution < 1.29 is 9.90 Å². The molecule has 2 N–H and O–H groups in total. The number of rotatable bonds is 2. The van der Waals surface area contributed by atoms with Crippen molar-refractivity contribution in [2.75, 3.05) is 29.1 Å². The van der Waals surface area contributed by atoms with Gasteiger partial charge in [-0.3, -0.25) is 4.79 Å². The van der Waals surface area contributed by atoms with E-state index in [1.165, 1.54) is 6.42 Å². The molecule has 4 nitrogen and oxygen atoms in total. The van der Waals surface area contributed by atoms with Crippen molar-refractivity contribution >= 4 is 29.0 Å². The van der Waals surface area contributed by atoms with E-state index >= 15 is 0 Å². The number of aliphatic hydroxyl groups is 1. The van der Waals surface area contributed by atoms with Crippen LogP contribution in [0, 0.1) is 0 Å². The molecule has 0 bridgehead atoms. The minimum absolute atomic E-state index is 0.326. The summed E-state index contributed by atoms with van der Waals surface area (Å²) in [6.45, 7) is 4.31. The summed E-state index contributed by atoms with van der Waals surface area (Å²) in [5.41, 5.74) is 2.57. The van der Waals surface area contributed by atoms with Crippen molar-refractivity contribution in [2.45, 2.75) is 24.7 Å². The molecule has 3 rings (SSSR count). The van der Waals surface area contributed by atoms with Crippen molar-refractivity contribution in [1.82, 2.24) is 0 Å². The van der Waals surface area contributed by atoms with Gasteiger partial charge in [0.15, 0.2) is 6.10 Å². The average molecular weight is 278 g/mol. The molecule has 19 heavy (non-hydrogen) atoms. The maximum absolute atomic E-state index is 11.4. The highest BCUT2D eigenvalue weighted by atomic mass is 32.2. The van der Waals surface area contributed by atoms with Crippen LogP contribution in [0.4, 0.5) is 11.4 Å². The number of fused-ring (bicyclic) bond motifs is 1. The fraction of sp³-hybridized carbons (Fsp3) is 0.500. The van der Waals surface area contributed by atoms with Gasteiger partial charge in [-0.05, 0) is 18.6 Å². The molecule has 0 aliphatic carbocycles. The molecule has 2 aliphatic heterocycles. The number of nitrogens with zero attached hydrogens (tertiary/aromatic N) is 1. The number of nitrogens with one attached hydrogen (secondary N) is 1. The number of anilines is 2. The zero-order valence-corrected chi connectivity index (χ0v) is 11.7. The molecule has 0 aromatic heterocycles. The van der Waals surface area contributed by atoms with Crippen LogP contribution in [0.1, 0.15) is 25.0 Å². The molecule has 0 saturated carbocycles. The monoisotopic (exact) mass is 278 g/mol. The normalized spacial score (nSPS) is 26.2. The second-order valence-electron chi connectivity index (χ2n) is 5.01. The summed E-state index contributed by atoms with van der Waals surface area (Å²) in [5, 5.41) is 13.1. The van der Waals surface area contributed by atoms with Gasteiger partial charge < -0.3 is 15.3 Å². The highest BCUT2D eigenvalue weighted by molar-refractivity contribution is 8.00. The van der Waals surface area contributed by atoms with E-state index in [9.17, 15) is 9.90 Å². The lowest BCUT2D eigenvalue weighted by molar-refractivity contribution is -0.123. The molecule has 0 spiro atoms. The van der Waals surface area contributed by atoms with E-state index in [1.54, 1.807) is 0 Å². The summed E-state index contributed by atoms with van der Waals surface area (Å²) >= 11 is 2.04. The third kappa shape index (κ3) is 2.32. The van der Waals surface area contributed by atoms with Crippen molar-refractivity contribution in [3.8, 4) is 0 Å². The Morgan fingerprint density at radius 1 is 1.53 bits per heavy atom. The summed E-state index contributed by atoms with van der Waals surface area (Å²) < 4.78 is 0. The highest BCUT2D eigenvalue weighted by Gasteiger charge is 2.29. The SMILES string of the molecule is CCC1CN(c2ccc3c(c2)NC(=O)C3O)CCS1. The Morgan fingerprint density at radius 2 is 2.37 bits per heavy atom. The van der Waals surface area contributed by atoms with Crippen molar-refractivity contribution in [3.63, 3.8) is 0 Å². The molecule has 2 heterocycles. The topological polar surface area (TPSA) is 52.6 Å². The molecule has 1 saturated heterocycles. The van der Waals surface area contributed by atoms with E-state index < -0.39 is 6.10 Å². The molecule has 0 radical (unpaired) electrons. The number of carbonyl (C=O) groups is 1. The number of benzene rings is 1. The molecule has 2 unspecified atom stereocenters. The van der Waals surface area contributed by atoms with Gasteiger partial charge in [-0.25, -0.2) is 0 Å². The summed E-state index contributed by atoms with van der Waals surface area (Å²) in [6.07, 6.45) is 0.172. The number of amides is 1. The summed E-state index contributed by atoms with van der Waals surface area (Å²) in [7, 11) is 0. The van der Waals surface area contributed by atoms with Gasteiger partial charge in [0, 0.05) is 41.0 Å². The predicted molar refractivity (Wildman–Crippen MR) is 78.8 cm³/mol. The van der Waals surface area contributed by atoms with Crippen LogP contribution in [-0.4, -0.2) is 35.1 Å². The first-order valence-electron chi connectivity index (χ1n) is 6.68. The fourth-order valence-electron chi connectivity index (χ4n) is 2.63. The van der Waals surface area contributed by atoms with Gasteiger partial charge in [-0.2, -0.15) is 11.8 Å². The lowest BCUT2D eigenvalue weighted by Gasteiger charge is -2.33. The number of carbonyl (C=O) groups excluding carboxylic acids is 1. The lowest BCUT2D eigenvalue weighted by atomic mass is 10.1. The number of aliphatic hydroxyl groups excluding tert-OH is 1. The quantitative estimate of drug-likeness (QED) is 0.869. The first-order chi connectivity index (χ1) is 9.19. The molecule has 5 heteroatoms. The maximum atomic E-state index is 11.4. The molecule has 2 aliphatic rings. The highest BCUT2D eigenvalue weighted by Crippen LogP contribution is 2.35. The molecular weight excluding hydrogens is 260 g/mol. The van der Waals surface area contributed by atoms with Crippen LogP contribution in [0.3, 0.4) is 0 Å². The molecule has 1 fully saturated rings. The standard InChI is InChI=1S/C14H18N2O2S/c1-2-10-8-16(5-6-19-10)9-3-4-11-12(7-9)15-14(18)13(11)17/h3-4,7,10,13,17H,2,5-6,8H2,1H3,(H,15,18). The number of thioether (sulfide) groups is 1. The minimum Gasteiger partial charge on any atom is -0.378 e. The van der Waals surface area contributed by atoms with E-state index in [-0.39, 0.29) is 5.91 Å². The second-order valence-corrected chi connectivity index (χ2v) is 6.42. The lowest BCUT2D eigenvalue weighted by Crippen LogP contribution is -2.37. The molecule has 1 aromatic rings. The molecule has 102 valence electrons. The van der Waals surface area contributed by atoms with Crippen LogP contribution in [0.5, 0.6) is 0 Å². The smallest absolute Gasteiger partial charge is 0.257 e. The van der Waals surface area contributed by atoms with Crippen LogP contribution >= 0.6 is 11.8 Å². The van der Waals surface area contributed by atoms with Crippen molar-refractivity contribution in [2.24, 2.45) is 0 Å². The third-order valence-electron chi connectivity index (χ3n) is 3.80. The van der Waals surface area contributed by atoms with Crippen LogP contribution in [0.2, 0.25) is 0 Å². The largest absolute Gasteiger partial charge is 0.378 e. The Kier molecular flexibility index (Phi) is 3.41. The first-order valence-corrected chi connectivity index (χ1v) is 7.73. The van der Waals surface area contributed by atoms with E-state index in [4.69, 9.17) is 0 Å². The minimum atomic E-state index is -1.01. The van der Waals surface area contributed by atoms with Crippen LogP contribution in [0.25, 0.3) is 0 Å². The summed E-state index contributed by atoms with van der Waals surface area (Å²) in [4.78, 5) is 13.8. The summed E-state index contributed by atoms with van der Waals surface area (Å²) in [6, 6.07) is 5.84. The fourth-order valence-corrected chi connectivity index (χ4v) is 3.81. The van der Waals surface area contributed by atoms with E-state index in [0.29, 0.717) is 10.8 Å². The summed E-state index contributed by atoms with van der Waals surface area (Å²) in [5.74, 6) is 0.817. The van der Waals surface area contributed by atoms with Gasteiger partial charge in [0.05, 0.1) is 0 Å². The Morgan fingerprint density at radius 3 is 3.16 bits per heavy atom. The van der Waals surface area contributed by atoms with E-state index in [2.05, 4.69) is 17.1 Å². The van der Waals surface area contributed by atoms with Crippen molar-refractivity contribution in [1.29, 1.82) is 0 Å². The van der Waals surface area contributed by atoms with Crippen molar-refractivity contribution in [3.05, 3.63) is 23.8 Å². The number of hydrogen-bond acceptors (Lipinski definition) is 4. The Bertz CT molecular complexity index is 506. The van der Waals surface area contributed by atoms with Crippen LogP contribution in [-0.2, 0) is 4.79 Å². The van der Waals surface area contributed by atoms with Gasteiger partial charge in [0.1, 0.15) is 0 Å². The Hall–Kier alpha value is -1.20.